The maximum Gasteiger partial charge on any atom is 0.228 e. The number of carbonyl (C=O) groups excluding carboxylic acids is 1. The Hall–Kier alpha value is -2.14. The minimum atomic E-state index is -0.0429. The number of carbonyl (C=O) groups is 1. The molecule has 0 bridgehead atoms. The number of thiophene rings is 1. The van der Waals surface area contributed by atoms with E-state index in [1.807, 2.05) is 16.8 Å². The zero-order valence-corrected chi connectivity index (χ0v) is 11.3. The Kier molecular flexibility index (Phi) is 4.30. The first-order chi connectivity index (χ1) is 9.19. The van der Waals surface area contributed by atoms with Crippen molar-refractivity contribution in [2.24, 2.45) is 5.16 Å². The second-order valence-corrected chi connectivity index (χ2v) is 4.90. The molecule has 5 heteroatoms. The first-order valence-electron chi connectivity index (χ1n) is 5.79. The lowest BCUT2D eigenvalue weighted by molar-refractivity contribution is -0.115. The summed E-state index contributed by atoms with van der Waals surface area (Å²) in [6.45, 7) is 1.71. The summed E-state index contributed by atoms with van der Waals surface area (Å²) in [6, 6.07) is 9.12. The molecule has 2 aromatic rings. The second kappa shape index (κ2) is 6.15. The molecule has 0 aliphatic rings. The predicted molar refractivity (Wildman–Crippen MR) is 77.1 cm³/mol. The van der Waals surface area contributed by atoms with Crippen LogP contribution in [0, 0.1) is 0 Å². The van der Waals surface area contributed by atoms with Crippen LogP contribution in [0.25, 0.3) is 0 Å². The highest BCUT2D eigenvalue weighted by atomic mass is 32.1. The molecule has 1 heterocycles. The molecule has 98 valence electrons. The number of hydrogen-bond acceptors (Lipinski definition) is 4. The van der Waals surface area contributed by atoms with Gasteiger partial charge in [0.25, 0.3) is 0 Å². The summed E-state index contributed by atoms with van der Waals surface area (Å²) < 4.78 is 0. The van der Waals surface area contributed by atoms with Gasteiger partial charge in [-0.05, 0) is 47.0 Å². The van der Waals surface area contributed by atoms with Gasteiger partial charge in [-0.15, -0.1) is 0 Å². The smallest absolute Gasteiger partial charge is 0.228 e. The Morgan fingerprint density at radius 3 is 2.63 bits per heavy atom. The van der Waals surface area contributed by atoms with E-state index in [9.17, 15) is 4.79 Å². The molecule has 19 heavy (non-hydrogen) atoms. The predicted octanol–water partition coefficient (Wildman–Crippen LogP) is 3.13. The third-order valence-electron chi connectivity index (χ3n) is 2.68. The average molecular weight is 274 g/mol. The van der Waals surface area contributed by atoms with E-state index in [4.69, 9.17) is 5.21 Å². The quantitative estimate of drug-likeness (QED) is 0.511. The number of nitrogens with one attached hydrogen (secondary N) is 1. The zero-order valence-electron chi connectivity index (χ0n) is 10.5. The lowest BCUT2D eigenvalue weighted by atomic mass is 10.1. The molecule has 1 amide bonds. The monoisotopic (exact) mass is 274 g/mol. The van der Waals surface area contributed by atoms with Crippen molar-refractivity contribution in [1.82, 2.24) is 0 Å². The van der Waals surface area contributed by atoms with E-state index >= 15 is 0 Å². The molecule has 0 aliphatic heterocycles. The van der Waals surface area contributed by atoms with Crippen LogP contribution in [0.5, 0.6) is 0 Å². The highest BCUT2D eigenvalue weighted by Gasteiger charge is 2.05. The van der Waals surface area contributed by atoms with Crippen LogP contribution in [0.1, 0.15) is 18.1 Å². The summed E-state index contributed by atoms with van der Waals surface area (Å²) >= 11 is 1.58. The van der Waals surface area contributed by atoms with Gasteiger partial charge in [0, 0.05) is 5.69 Å². The second-order valence-electron chi connectivity index (χ2n) is 4.12. The van der Waals surface area contributed by atoms with E-state index in [0.717, 1.165) is 16.8 Å². The Morgan fingerprint density at radius 2 is 2.05 bits per heavy atom. The van der Waals surface area contributed by atoms with Crippen LogP contribution >= 0.6 is 11.3 Å². The van der Waals surface area contributed by atoms with Gasteiger partial charge < -0.3 is 10.5 Å². The molecular weight excluding hydrogens is 260 g/mol. The maximum atomic E-state index is 11.8. The molecule has 4 nitrogen and oxygen atoms in total. The van der Waals surface area contributed by atoms with Crippen LogP contribution in [-0.4, -0.2) is 16.8 Å². The van der Waals surface area contributed by atoms with E-state index in [1.165, 1.54) is 0 Å². The topological polar surface area (TPSA) is 61.7 Å². The number of benzene rings is 1. The maximum absolute atomic E-state index is 11.8. The summed E-state index contributed by atoms with van der Waals surface area (Å²) in [6.07, 6.45) is 0.377. The van der Waals surface area contributed by atoms with Crippen LogP contribution in [0.2, 0.25) is 0 Å². The number of hydrogen-bond donors (Lipinski definition) is 2. The molecular formula is C14H14N2O2S. The van der Waals surface area contributed by atoms with Crippen LogP contribution in [-0.2, 0) is 11.2 Å². The summed E-state index contributed by atoms with van der Waals surface area (Å²) in [4.78, 5) is 11.8. The van der Waals surface area contributed by atoms with Gasteiger partial charge in [-0.3, -0.25) is 4.79 Å². The van der Waals surface area contributed by atoms with Gasteiger partial charge in [-0.25, -0.2) is 0 Å². The molecule has 0 unspecified atom stereocenters. The summed E-state index contributed by atoms with van der Waals surface area (Å²) in [5.41, 5.74) is 3.10. The Morgan fingerprint density at radius 1 is 1.32 bits per heavy atom. The fourth-order valence-electron chi connectivity index (χ4n) is 1.64. The van der Waals surface area contributed by atoms with Gasteiger partial charge in [-0.1, -0.05) is 17.3 Å². The lowest BCUT2D eigenvalue weighted by Crippen LogP contribution is -2.14. The fraction of sp³-hybridized carbons (Fsp3) is 0.143. The van der Waals surface area contributed by atoms with Crippen molar-refractivity contribution in [3.63, 3.8) is 0 Å². The largest absolute Gasteiger partial charge is 0.411 e. The number of amides is 1. The zero-order chi connectivity index (χ0) is 13.7. The Bertz CT molecular complexity index is 574. The number of nitrogens with zero attached hydrogens (tertiary/aromatic N) is 1. The molecule has 0 fully saturated rings. The lowest BCUT2D eigenvalue weighted by Gasteiger charge is -2.05. The summed E-state index contributed by atoms with van der Waals surface area (Å²) in [7, 11) is 0. The van der Waals surface area contributed by atoms with E-state index in [2.05, 4.69) is 10.5 Å². The molecule has 1 aromatic carbocycles. The van der Waals surface area contributed by atoms with Crippen molar-refractivity contribution in [2.75, 3.05) is 5.32 Å². The molecule has 2 N–H and O–H groups in total. The average Bonchev–Trinajstić information content (AvgIpc) is 2.91. The van der Waals surface area contributed by atoms with E-state index in [0.29, 0.717) is 12.1 Å². The van der Waals surface area contributed by atoms with Gasteiger partial charge in [0.1, 0.15) is 0 Å². The summed E-state index contributed by atoms with van der Waals surface area (Å²) in [5.74, 6) is -0.0429. The molecule has 0 atom stereocenters. The van der Waals surface area contributed by atoms with Gasteiger partial charge in [0.15, 0.2) is 0 Å². The van der Waals surface area contributed by atoms with Crippen molar-refractivity contribution < 1.29 is 10.0 Å². The molecule has 0 spiro atoms. The number of anilines is 1. The molecule has 1 aromatic heterocycles. The van der Waals surface area contributed by atoms with Gasteiger partial charge in [-0.2, -0.15) is 11.3 Å². The van der Waals surface area contributed by atoms with Crippen LogP contribution in [0.15, 0.2) is 46.2 Å². The molecule has 0 aliphatic carbocycles. The minimum Gasteiger partial charge on any atom is -0.411 e. The third-order valence-corrected chi connectivity index (χ3v) is 3.41. The van der Waals surface area contributed by atoms with Crippen molar-refractivity contribution >= 4 is 28.6 Å². The van der Waals surface area contributed by atoms with Crippen molar-refractivity contribution in [2.45, 2.75) is 13.3 Å². The highest BCUT2D eigenvalue weighted by molar-refractivity contribution is 7.08. The summed E-state index contributed by atoms with van der Waals surface area (Å²) in [5, 5.41) is 18.5. The third kappa shape index (κ3) is 3.66. The first-order valence-corrected chi connectivity index (χ1v) is 6.73. The molecule has 0 radical (unpaired) electrons. The highest BCUT2D eigenvalue weighted by Crippen LogP contribution is 2.12. The van der Waals surface area contributed by atoms with E-state index in [-0.39, 0.29) is 5.91 Å². The molecule has 0 saturated carbocycles. The normalized spacial score (nSPS) is 11.3. The fourth-order valence-corrected chi connectivity index (χ4v) is 2.30. The number of rotatable bonds is 4. The molecule has 0 saturated heterocycles. The first kappa shape index (κ1) is 13.3. The van der Waals surface area contributed by atoms with E-state index < -0.39 is 0 Å². The van der Waals surface area contributed by atoms with Crippen LogP contribution in [0.4, 0.5) is 5.69 Å². The Balaban J connectivity index is 1.98. The number of oxime groups is 1. The standard InChI is InChI=1S/C14H14N2O2S/c1-10(16-18)12-2-4-13(5-3-12)15-14(17)8-11-6-7-19-9-11/h2-7,9,18H,8H2,1H3,(H,15,17)/b16-10+. The molecule has 2 rings (SSSR count). The minimum absolute atomic E-state index is 0.0429. The van der Waals surface area contributed by atoms with Crippen LogP contribution < -0.4 is 5.32 Å². The van der Waals surface area contributed by atoms with Gasteiger partial charge >= 0.3 is 0 Å². The van der Waals surface area contributed by atoms with Crippen LogP contribution in [0.3, 0.4) is 0 Å². The van der Waals surface area contributed by atoms with Gasteiger partial charge in [0.2, 0.25) is 5.91 Å². The SMILES string of the molecule is C/C(=N\O)c1ccc(NC(=O)Cc2ccsc2)cc1. The van der Waals surface area contributed by atoms with E-state index in [1.54, 1.807) is 42.5 Å². The van der Waals surface area contributed by atoms with Gasteiger partial charge in [0.05, 0.1) is 12.1 Å². The van der Waals surface area contributed by atoms with Crippen molar-refractivity contribution in [1.29, 1.82) is 0 Å². The Labute approximate surface area is 115 Å². The van der Waals surface area contributed by atoms with Crippen molar-refractivity contribution in [3.8, 4) is 0 Å². The van der Waals surface area contributed by atoms with Crippen molar-refractivity contribution in [3.05, 3.63) is 52.2 Å².